The number of hydrogen-bond donors (Lipinski definition) is 2. The lowest BCUT2D eigenvalue weighted by atomic mass is 9.78. The van der Waals surface area contributed by atoms with E-state index in [1.54, 1.807) is 6.92 Å². The number of carbonyl (C=O) groups is 2. The highest BCUT2D eigenvalue weighted by Gasteiger charge is 2.59. The molecule has 0 aromatic heterocycles. The Bertz CT molecular complexity index is 851. The van der Waals surface area contributed by atoms with E-state index >= 15 is 0 Å². The number of rotatable bonds is 4. The maximum Gasteiger partial charge on any atom is 0.353 e. The lowest BCUT2D eigenvalue weighted by Gasteiger charge is -2.46. The highest BCUT2D eigenvalue weighted by Crippen LogP contribution is 2.46. The van der Waals surface area contributed by atoms with E-state index in [2.05, 4.69) is 34.4 Å². The maximum atomic E-state index is 12.2. The molecule has 4 unspecified atom stereocenters. The third-order valence-corrected chi connectivity index (χ3v) is 5.63. The molecule has 0 radical (unpaired) electrons. The normalized spacial score (nSPS) is 25.2. The number of carboxylic acids is 1. The molecule has 6 nitrogen and oxygen atoms in total. The van der Waals surface area contributed by atoms with E-state index in [1.165, 1.54) is 4.90 Å². The summed E-state index contributed by atoms with van der Waals surface area (Å²) in [4.78, 5) is 25.2. The predicted octanol–water partition coefficient (Wildman–Crippen LogP) is 1.87. The van der Waals surface area contributed by atoms with Crippen LogP contribution in [0.2, 0.25) is 0 Å². The van der Waals surface area contributed by atoms with E-state index in [-0.39, 0.29) is 30.2 Å². The minimum absolute atomic E-state index is 0.0776. The standard InChI is InChI=1S/C19H18INO5/c1-10-12(6-5-9-26-14-8-4-3-7-13(14)20)17(19(24)25)21-16(10)15(11(2)22)18(21)23/h3-4,7-8,10-11,15-16,22H,9H2,1-2H3,(H,24,25). The van der Waals surface area contributed by atoms with Crippen molar-refractivity contribution in [2.45, 2.75) is 26.0 Å². The fraction of sp³-hybridized carbons (Fsp3) is 0.368. The van der Waals surface area contributed by atoms with Crippen molar-refractivity contribution in [1.82, 2.24) is 4.90 Å². The van der Waals surface area contributed by atoms with Crippen LogP contribution in [0.4, 0.5) is 0 Å². The number of carboxylic acid groups (broad SMARTS) is 1. The van der Waals surface area contributed by atoms with Crippen LogP contribution in [-0.4, -0.2) is 45.7 Å². The van der Waals surface area contributed by atoms with Gasteiger partial charge < -0.3 is 19.8 Å². The second kappa shape index (κ2) is 7.29. The molecule has 26 heavy (non-hydrogen) atoms. The topological polar surface area (TPSA) is 87.1 Å². The number of ether oxygens (including phenoxy) is 1. The molecule has 1 aromatic rings. The zero-order valence-corrected chi connectivity index (χ0v) is 16.4. The number of fused-ring (bicyclic) bond motifs is 1. The zero-order valence-electron chi connectivity index (χ0n) is 14.3. The molecule has 0 spiro atoms. The van der Waals surface area contributed by atoms with E-state index in [9.17, 15) is 19.8 Å². The Kier molecular flexibility index (Phi) is 5.25. The number of benzene rings is 1. The Morgan fingerprint density at radius 3 is 2.73 bits per heavy atom. The lowest BCUT2D eigenvalue weighted by molar-refractivity contribution is -0.163. The molecule has 1 saturated heterocycles. The van der Waals surface area contributed by atoms with Gasteiger partial charge in [-0.3, -0.25) is 4.79 Å². The van der Waals surface area contributed by atoms with Gasteiger partial charge in [0.25, 0.3) is 0 Å². The van der Waals surface area contributed by atoms with Crippen LogP contribution in [-0.2, 0) is 9.59 Å². The Hall–Kier alpha value is -2.05. The molecule has 1 amide bonds. The molecule has 136 valence electrons. The number of para-hydroxylation sites is 1. The van der Waals surface area contributed by atoms with Crippen molar-refractivity contribution in [3.05, 3.63) is 39.1 Å². The number of aliphatic hydroxyl groups is 1. The van der Waals surface area contributed by atoms with Crippen LogP contribution in [0.3, 0.4) is 0 Å². The minimum atomic E-state index is -1.18. The number of hydrogen-bond acceptors (Lipinski definition) is 4. The summed E-state index contributed by atoms with van der Waals surface area (Å²) in [5.41, 5.74) is 0.330. The molecular formula is C19H18INO5. The van der Waals surface area contributed by atoms with Crippen molar-refractivity contribution in [2.24, 2.45) is 11.8 Å². The average molecular weight is 467 g/mol. The molecule has 3 rings (SSSR count). The van der Waals surface area contributed by atoms with Gasteiger partial charge >= 0.3 is 5.97 Å². The molecule has 0 aliphatic carbocycles. The van der Waals surface area contributed by atoms with Gasteiger partial charge in [-0.15, -0.1) is 0 Å². The summed E-state index contributed by atoms with van der Waals surface area (Å²) in [6, 6.07) is 7.17. The monoisotopic (exact) mass is 467 g/mol. The van der Waals surface area contributed by atoms with E-state index < -0.39 is 18.0 Å². The van der Waals surface area contributed by atoms with Crippen LogP contribution in [0.25, 0.3) is 0 Å². The second-order valence-electron chi connectivity index (χ2n) is 6.34. The Labute approximate surface area is 165 Å². The van der Waals surface area contributed by atoms with Gasteiger partial charge in [0.15, 0.2) is 0 Å². The van der Waals surface area contributed by atoms with E-state index in [4.69, 9.17) is 4.74 Å². The van der Waals surface area contributed by atoms with Crippen LogP contribution in [0.5, 0.6) is 5.75 Å². The third kappa shape index (κ3) is 3.08. The van der Waals surface area contributed by atoms with Gasteiger partial charge in [-0.1, -0.05) is 30.9 Å². The van der Waals surface area contributed by atoms with Crippen LogP contribution < -0.4 is 4.74 Å². The van der Waals surface area contributed by atoms with Crippen LogP contribution in [0, 0.1) is 27.2 Å². The first-order valence-electron chi connectivity index (χ1n) is 8.19. The summed E-state index contributed by atoms with van der Waals surface area (Å²) < 4.78 is 6.57. The zero-order chi connectivity index (χ0) is 19.0. The summed E-state index contributed by atoms with van der Waals surface area (Å²) in [7, 11) is 0. The fourth-order valence-electron chi connectivity index (χ4n) is 3.53. The molecule has 2 aliphatic rings. The summed E-state index contributed by atoms with van der Waals surface area (Å²) in [5.74, 6) is 4.07. The SMILES string of the molecule is CC(O)C1C(=O)N2C(C(=O)O)=C(C#CCOc3ccccc3I)C(C)C12. The van der Waals surface area contributed by atoms with Crippen molar-refractivity contribution in [1.29, 1.82) is 0 Å². The first-order valence-corrected chi connectivity index (χ1v) is 9.27. The van der Waals surface area contributed by atoms with Gasteiger partial charge in [0.2, 0.25) is 5.91 Å². The predicted molar refractivity (Wildman–Crippen MR) is 102 cm³/mol. The van der Waals surface area contributed by atoms with Crippen LogP contribution in [0.1, 0.15) is 13.8 Å². The van der Waals surface area contributed by atoms with Gasteiger partial charge in [0.1, 0.15) is 18.1 Å². The number of β-lactam (4-membered cyclic amide) rings is 1. The van der Waals surface area contributed by atoms with Gasteiger partial charge in [-0.25, -0.2) is 4.79 Å². The summed E-state index contributed by atoms with van der Waals surface area (Å²) >= 11 is 2.16. The van der Waals surface area contributed by atoms with Gasteiger partial charge in [-0.2, -0.15) is 0 Å². The smallest absolute Gasteiger partial charge is 0.353 e. The highest BCUT2D eigenvalue weighted by atomic mass is 127. The van der Waals surface area contributed by atoms with Crippen LogP contribution in [0.15, 0.2) is 35.5 Å². The first kappa shape index (κ1) is 18.7. The van der Waals surface area contributed by atoms with Crippen molar-refractivity contribution < 1.29 is 24.5 Å². The molecule has 7 heteroatoms. The van der Waals surface area contributed by atoms with Gasteiger partial charge in [-0.05, 0) is 41.6 Å². The lowest BCUT2D eigenvalue weighted by Crippen LogP contribution is -2.63. The number of halogens is 1. The Morgan fingerprint density at radius 2 is 2.12 bits per heavy atom. The second-order valence-corrected chi connectivity index (χ2v) is 7.50. The summed E-state index contributed by atoms with van der Waals surface area (Å²) in [6.07, 6.45) is -0.822. The average Bonchev–Trinajstić information content (AvgIpc) is 2.82. The third-order valence-electron chi connectivity index (χ3n) is 4.73. The van der Waals surface area contributed by atoms with Crippen molar-refractivity contribution in [3.63, 3.8) is 0 Å². The number of aliphatic hydroxyl groups excluding tert-OH is 1. The molecule has 0 saturated carbocycles. The van der Waals surface area contributed by atoms with Gasteiger partial charge in [0.05, 0.1) is 21.6 Å². The first-order chi connectivity index (χ1) is 12.3. The summed E-state index contributed by atoms with van der Waals surface area (Å²) in [5, 5.41) is 19.3. The Morgan fingerprint density at radius 1 is 1.42 bits per heavy atom. The number of nitrogens with zero attached hydrogens (tertiary/aromatic N) is 1. The largest absolute Gasteiger partial charge is 0.480 e. The van der Waals surface area contributed by atoms with E-state index in [1.807, 2.05) is 31.2 Å². The van der Waals surface area contributed by atoms with Crippen molar-refractivity contribution in [2.75, 3.05) is 6.61 Å². The molecule has 1 aromatic carbocycles. The number of amides is 1. The van der Waals surface area contributed by atoms with E-state index in [0.29, 0.717) is 11.3 Å². The number of carbonyl (C=O) groups excluding carboxylic acids is 1. The number of aliphatic carboxylic acids is 1. The van der Waals surface area contributed by atoms with E-state index in [0.717, 1.165) is 3.57 Å². The van der Waals surface area contributed by atoms with Crippen LogP contribution >= 0.6 is 22.6 Å². The molecule has 2 aliphatic heterocycles. The molecule has 2 heterocycles. The molecular weight excluding hydrogens is 449 g/mol. The molecule has 4 atom stereocenters. The molecule has 1 fully saturated rings. The molecule has 2 N–H and O–H groups in total. The van der Waals surface area contributed by atoms with Gasteiger partial charge in [0, 0.05) is 11.5 Å². The fourth-order valence-corrected chi connectivity index (χ4v) is 4.08. The molecule has 0 bridgehead atoms. The Balaban J connectivity index is 1.80. The quantitative estimate of drug-likeness (QED) is 0.401. The maximum absolute atomic E-state index is 12.2. The van der Waals surface area contributed by atoms with Crippen molar-refractivity contribution in [3.8, 4) is 17.6 Å². The summed E-state index contributed by atoms with van der Waals surface area (Å²) in [6.45, 7) is 3.49. The minimum Gasteiger partial charge on any atom is -0.480 e. The highest BCUT2D eigenvalue weighted by molar-refractivity contribution is 14.1. The van der Waals surface area contributed by atoms with Crippen molar-refractivity contribution >= 4 is 34.5 Å².